The summed E-state index contributed by atoms with van der Waals surface area (Å²) in [5.74, 6) is 1.98. The van der Waals surface area contributed by atoms with E-state index in [1.165, 1.54) is 0 Å². The molecule has 0 atom stereocenters. The van der Waals surface area contributed by atoms with Crippen LogP contribution in [-0.4, -0.2) is 9.55 Å². The van der Waals surface area contributed by atoms with E-state index in [9.17, 15) is 0 Å². The van der Waals surface area contributed by atoms with Crippen molar-refractivity contribution in [2.45, 2.75) is 33.2 Å². The van der Waals surface area contributed by atoms with Gasteiger partial charge >= 0.3 is 0 Å². The van der Waals surface area contributed by atoms with Crippen LogP contribution in [0, 0.1) is 0 Å². The zero-order chi connectivity index (χ0) is 14.2. The van der Waals surface area contributed by atoms with Crippen molar-refractivity contribution in [1.29, 1.82) is 0 Å². The van der Waals surface area contributed by atoms with E-state index in [-0.39, 0.29) is 0 Å². The van der Waals surface area contributed by atoms with Crippen LogP contribution in [0.4, 0.5) is 5.82 Å². The lowest BCUT2D eigenvalue weighted by Crippen LogP contribution is -2.06. The van der Waals surface area contributed by atoms with Crippen molar-refractivity contribution in [3.63, 3.8) is 0 Å². The summed E-state index contributed by atoms with van der Waals surface area (Å²) in [6, 6.07) is 5.45. The van der Waals surface area contributed by atoms with Crippen LogP contribution in [0.1, 0.15) is 32.5 Å². The highest BCUT2D eigenvalue weighted by Crippen LogP contribution is 2.33. The average molecular weight is 298 g/mol. The Balaban J connectivity index is 2.59. The Labute approximate surface area is 123 Å². The molecule has 0 aliphatic heterocycles. The molecule has 3 nitrogen and oxygen atoms in total. The second-order valence-corrected chi connectivity index (χ2v) is 5.55. The van der Waals surface area contributed by atoms with Gasteiger partial charge < -0.3 is 10.3 Å². The summed E-state index contributed by atoms with van der Waals surface area (Å²) in [6.07, 6.45) is 0. The van der Waals surface area contributed by atoms with Crippen molar-refractivity contribution in [3.05, 3.63) is 34.1 Å². The minimum atomic E-state index is 0.318. The number of nitrogens with two attached hydrogens (primary N) is 1. The number of halogens is 2. The lowest BCUT2D eigenvalue weighted by atomic mass is 10.1. The fourth-order valence-electron chi connectivity index (χ4n) is 2.11. The number of nitrogens with zero attached hydrogens (tertiary/aromatic N) is 2. The third-order valence-electron chi connectivity index (χ3n) is 3.06. The Kier molecular flexibility index (Phi) is 4.07. The molecule has 5 heteroatoms. The second kappa shape index (κ2) is 5.43. The molecule has 0 unspecified atom stereocenters. The Bertz CT molecular complexity index is 603. The summed E-state index contributed by atoms with van der Waals surface area (Å²) in [5, 5.41) is 1.04. The molecule has 1 aromatic carbocycles. The summed E-state index contributed by atoms with van der Waals surface area (Å²) in [4.78, 5) is 4.66. The SMILES string of the molecule is CCn1c(C(C)C)nc(-c2ccc(Cl)c(Cl)c2)c1N. The molecule has 0 aliphatic carbocycles. The maximum atomic E-state index is 6.20. The minimum absolute atomic E-state index is 0.318. The molecule has 0 bridgehead atoms. The van der Waals surface area contributed by atoms with Gasteiger partial charge in [0.1, 0.15) is 17.3 Å². The van der Waals surface area contributed by atoms with E-state index < -0.39 is 0 Å². The summed E-state index contributed by atoms with van der Waals surface area (Å²) in [5.41, 5.74) is 7.85. The summed E-state index contributed by atoms with van der Waals surface area (Å²) in [6.45, 7) is 7.06. The molecule has 2 rings (SSSR count). The van der Waals surface area contributed by atoms with Gasteiger partial charge in [0, 0.05) is 18.0 Å². The molecular formula is C14H17Cl2N3. The monoisotopic (exact) mass is 297 g/mol. The van der Waals surface area contributed by atoms with Crippen molar-refractivity contribution < 1.29 is 0 Å². The Morgan fingerprint density at radius 3 is 2.42 bits per heavy atom. The first kappa shape index (κ1) is 14.2. The van der Waals surface area contributed by atoms with E-state index in [0.717, 1.165) is 23.6 Å². The van der Waals surface area contributed by atoms with Crippen LogP contribution in [0.15, 0.2) is 18.2 Å². The third-order valence-corrected chi connectivity index (χ3v) is 3.80. The van der Waals surface area contributed by atoms with Gasteiger partial charge in [0.15, 0.2) is 0 Å². The van der Waals surface area contributed by atoms with Gasteiger partial charge in [-0.1, -0.05) is 43.1 Å². The van der Waals surface area contributed by atoms with Crippen LogP contribution in [0.3, 0.4) is 0 Å². The lowest BCUT2D eigenvalue weighted by Gasteiger charge is -2.08. The highest BCUT2D eigenvalue weighted by molar-refractivity contribution is 6.42. The molecule has 0 radical (unpaired) electrons. The van der Waals surface area contributed by atoms with Crippen LogP contribution in [0.2, 0.25) is 10.0 Å². The van der Waals surface area contributed by atoms with Crippen LogP contribution in [0.25, 0.3) is 11.3 Å². The van der Waals surface area contributed by atoms with Gasteiger partial charge in [-0.15, -0.1) is 0 Å². The molecule has 0 fully saturated rings. The number of anilines is 1. The molecule has 102 valence electrons. The van der Waals surface area contributed by atoms with Gasteiger partial charge in [-0.05, 0) is 19.1 Å². The molecule has 0 saturated carbocycles. The molecular weight excluding hydrogens is 281 g/mol. The first-order valence-corrected chi connectivity index (χ1v) is 7.02. The van der Waals surface area contributed by atoms with Crippen molar-refractivity contribution in [2.24, 2.45) is 0 Å². The minimum Gasteiger partial charge on any atom is -0.383 e. The summed E-state index contributed by atoms with van der Waals surface area (Å²) in [7, 11) is 0. The van der Waals surface area contributed by atoms with E-state index in [1.807, 2.05) is 10.6 Å². The molecule has 0 saturated heterocycles. The fourth-order valence-corrected chi connectivity index (χ4v) is 2.41. The number of hydrogen-bond acceptors (Lipinski definition) is 2. The quantitative estimate of drug-likeness (QED) is 0.901. The van der Waals surface area contributed by atoms with Crippen molar-refractivity contribution >= 4 is 29.0 Å². The number of benzene rings is 1. The third kappa shape index (κ3) is 2.58. The number of nitrogen functional groups attached to an aromatic ring is 1. The topological polar surface area (TPSA) is 43.8 Å². The standard InChI is InChI=1S/C14H17Cl2N3/c1-4-19-13(17)12(18-14(19)8(2)3)9-5-6-10(15)11(16)7-9/h5-8H,4,17H2,1-3H3. The van der Waals surface area contributed by atoms with Gasteiger partial charge in [0.05, 0.1) is 10.0 Å². The smallest absolute Gasteiger partial charge is 0.131 e. The molecule has 0 amide bonds. The largest absolute Gasteiger partial charge is 0.383 e. The second-order valence-electron chi connectivity index (χ2n) is 4.73. The van der Waals surface area contributed by atoms with E-state index >= 15 is 0 Å². The summed E-state index contributed by atoms with van der Waals surface area (Å²) >= 11 is 12.0. The van der Waals surface area contributed by atoms with Crippen molar-refractivity contribution in [2.75, 3.05) is 5.73 Å². The number of rotatable bonds is 3. The van der Waals surface area contributed by atoms with Gasteiger partial charge in [-0.25, -0.2) is 4.98 Å². The van der Waals surface area contributed by atoms with Crippen molar-refractivity contribution in [1.82, 2.24) is 9.55 Å². The molecule has 1 heterocycles. The van der Waals surface area contributed by atoms with Gasteiger partial charge in [-0.3, -0.25) is 0 Å². The highest BCUT2D eigenvalue weighted by atomic mass is 35.5. The molecule has 0 spiro atoms. The molecule has 1 aromatic heterocycles. The fraction of sp³-hybridized carbons (Fsp3) is 0.357. The first-order valence-electron chi connectivity index (χ1n) is 6.27. The predicted molar refractivity (Wildman–Crippen MR) is 81.9 cm³/mol. The van der Waals surface area contributed by atoms with Crippen LogP contribution in [-0.2, 0) is 6.54 Å². The highest BCUT2D eigenvalue weighted by Gasteiger charge is 2.17. The Morgan fingerprint density at radius 1 is 1.26 bits per heavy atom. The lowest BCUT2D eigenvalue weighted by molar-refractivity contribution is 0.658. The Morgan fingerprint density at radius 2 is 1.95 bits per heavy atom. The van der Waals surface area contributed by atoms with E-state index in [2.05, 4.69) is 25.8 Å². The maximum absolute atomic E-state index is 6.20. The normalized spacial score (nSPS) is 11.3. The zero-order valence-electron chi connectivity index (χ0n) is 11.2. The van der Waals surface area contributed by atoms with Crippen LogP contribution < -0.4 is 5.73 Å². The van der Waals surface area contributed by atoms with Crippen LogP contribution in [0.5, 0.6) is 0 Å². The molecule has 2 aromatic rings. The predicted octanol–water partition coefficient (Wildman–Crippen LogP) is 4.58. The average Bonchev–Trinajstić information content (AvgIpc) is 2.70. The van der Waals surface area contributed by atoms with E-state index in [0.29, 0.717) is 21.8 Å². The number of imidazole rings is 1. The van der Waals surface area contributed by atoms with Crippen LogP contribution >= 0.6 is 23.2 Å². The molecule has 2 N–H and O–H groups in total. The molecule has 19 heavy (non-hydrogen) atoms. The van der Waals surface area contributed by atoms with E-state index in [1.54, 1.807) is 12.1 Å². The van der Waals surface area contributed by atoms with Crippen molar-refractivity contribution in [3.8, 4) is 11.3 Å². The maximum Gasteiger partial charge on any atom is 0.131 e. The zero-order valence-corrected chi connectivity index (χ0v) is 12.8. The first-order chi connectivity index (χ1) is 8.95. The number of aromatic nitrogens is 2. The van der Waals surface area contributed by atoms with E-state index in [4.69, 9.17) is 28.9 Å². The van der Waals surface area contributed by atoms with Gasteiger partial charge in [0.2, 0.25) is 0 Å². The Hall–Kier alpha value is -1.19. The number of hydrogen-bond donors (Lipinski definition) is 1. The van der Waals surface area contributed by atoms with Gasteiger partial charge in [0.25, 0.3) is 0 Å². The molecule has 0 aliphatic rings. The summed E-state index contributed by atoms with van der Waals surface area (Å²) < 4.78 is 2.03. The van der Waals surface area contributed by atoms with Gasteiger partial charge in [-0.2, -0.15) is 0 Å².